The van der Waals surface area contributed by atoms with Crippen LogP contribution in [0.1, 0.15) is 41.8 Å². The highest BCUT2D eigenvalue weighted by Crippen LogP contribution is 2.36. The summed E-state index contributed by atoms with van der Waals surface area (Å²) in [5.74, 6) is -2.58. The van der Waals surface area contributed by atoms with E-state index in [9.17, 15) is 18.0 Å². The molecule has 2 aromatic carbocycles. The first kappa shape index (κ1) is 26.5. The molecule has 11 heteroatoms. The van der Waals surface area contributed by atoms with Crippen LogP contribution in [0.2, 0.25) is 0 Å². The highest BCUT2D eigenvalue weighted by molar-refractivity contribution is 7.12. The first-order chi connectivity index (χ1) is 18.7. The molecule has 0 fully saturated rings. The highest BCUT2D eigenvalue weighted by atomic mass is 32.1. The Morgan fingerprint density at radius 2 is 1.95 bits per heavy atom. The topological polar surface area (TPSA) is 82.0 Å². The Morgan fingerprint density at radius 3 is 2.74 bits per heavy atom. The number of H-pyrrole nitrogens is 1. The molecular formula is C28H25F3N4O3S. The molecule has 3 heterocycles. The number of rotatable bonds is 9. The van der Waals surface area contributed by atoms with Crippen LogP contribution < -0.4 is 4.74 Å². The van der Waals surface area contributed by atoms with Gasteiger partial charge in [0, 0.05) is 34.5 Å². The quantitative estimate of drug-likeness (QED) is 0.201. The second kappa shape index (κ2) is 10.9. The lowest BCUT2D eigenvalue weighted by Gasteiger charge is -2.10. The van der Waals surface area contributed by atoms with Gasteiger partial charge in [-0.15, -0.1) is 11.3 Å². The molecule has 0 saturated heterocycles. The number of thiophene rings is 1. The molecule has 1 N–H and O–H groups in total. The molecule has 0 amide bonds. The molecule has 0 aliphatic carbocycles. The molecule has 1 atom stereocenters. The molecule has 0 spiro atoms. The number of nitrogens with one attached hydrogen (secondary N) is 1. The van der Waals surface area contributed by atoms with Crippen molar-refractivity contribution in [1.29, 1.82) is 0 Å². The molecule has 0 radical (unpaired) electrons. The van der Waals surface area contributed by atoms with E-state index in [1.54, 1.807) is 25.3 Å². The molecule has 202 valence electrons. The third kappa shape index (κ3) is 5.40. The van der Waals surface area contributed by atoms with E-state index in [1.165, 1.54) is 29.1 Å². The van der Waals surface area contributed by atoms with Gasteiger partial charge in [0.1, 0.15) is 11.6 Å². The van der Waals surface area contributed by atoms with Gasteiger partial charge in [0.25, 0.3) is 0 Å². The number of nitrogens with zero attached hydrogens (tertiary/aromatic N) is 3. The van der Waals surface area contributed by atoms with E-state index in [2.05, 4.69) is 15.1 Å². The largest absolute Gasteiger partial charge is 0.466 e. The summed E-state index contributed by atoms with van der Waals surface area (Å²) in [6.45, 7) is 4.07. The lowest BCUT2D eigenvalue weighted by atomic mass is 10.1. The summed E-state index contributed by atoms with van der Waals surface area (Å²) in [5.41, 5.74) is 0.375. The number of esters is 1. The van der Waals surface area contributed by atoms with Crippen LogP contribution in [0.25, 0.3) is 22.3 Å². The van der Waals surface area contributed by atoms with E-state index in [-0.39, 0.29) is 34.4 Å². The number of carbonyl (C=O) groups excluding carboxylic acids is 1. The molecule has 5 aromatic rings. The number of hydrogen-bond acceptors (Lipinski definition) is 6. The minimum Gasteiger partial charge on any atom is -0.466 e. The number of hydrogen-bond donors (Lipinski definition) is 1. The van der Waals surface area contributed by atoms with Crippen LogP contribution in [0.3, 0.4) is 0 Å². The average Bonchev–Trinajstić information content (AvgIpc) is 3.66. The second-order valence-electron chi connectivity index (χ2n) is 8.93. The average molecular weight is 555 g/mol. The van der Waals surface area contributed by atoms with E-state index in [0.29, 0.717) is 30.8 Å². The van der Waals surface area contributed by atoms with E-state index >= 15 is 0 Å². The number of carbonyl (C=O) groups is 1. The Bertz CT molecular complexity index is 1660. The number of halogens is 3. The fourth-order valence-corrected chi connectivity index (χ4v) is 5.29. The zero-order valence-corrected chi connectivity index (χ0v) is 22.2. The lowest BCUT2D eigenvalue weighted by Crippen LogP contribution is -2.04. The van der Waals surface area contributed by atoms with Gasteiger partial charge in [0.15, 0.2) is 29.0 Å². The van der Waals surface area contributed by atoms with Gasteiger partial charge in [-0.1, -0.05) is 6.92 Å². The number of aromatic amines is 1. The van der Waals surface area contributed by atoms with Gasteiger partial charge in [0.2, 0.25) is 0 Å². The molecule has 3 aromatic heterocycles. The van der Waals surface area contributed by atoms with Crippen molar-refractivity contribution in [2.45, 2.75) is 32.6 Å². The van der Waals surface area contributed by atoms with Gasteiger partial charge in [-0.3, -0.25) is 4.79 Å². The highest BCUT2D eigenvalue weighted by Gasteiger charge is 2.22. The monoisotopic (exact) mass is 554 g/mol. The van der Waals surface area contributed by atoms with Crippen LogP contribution in [0, 0.1) is 17.5 Å². The van der Waals surface area contributed by atoms with Crippen molar-refractivity contribution in [3.8, 4) is 22.9 Å². The molecule has 0 saturated carbocycles. The number of benzene rings is 2. The van der Waals surface area contributed by atoms with Crippen molar-refractivity contribution in [2.75, 3.05) is 6.61 Å². The predicted molar refractivity (Wildman–Crippen MR) is 141 cm³/mol. The van der Waals surface area contributed by atoms with Crippen LogP contribution >= 0.6 is 11.3 Å². The van der Waals surface area contributed by atoms with Gasteiger partial charge in [-0.05, 0) is 49.7 Å². The standard InChI is InChI=1S/C28H25F3N4O3S/c1-4-37-24(36)10-7-17-6-9-23(39-17)15(2)27-33-28(35(3)34-27)19-13-16(5-8-20(19)29)38-26-21(30)14-22-18(25(26)31)11-12-32-22/h5-6,8-9,11-15,32H,4,7,10H2,1-3H3. The summed E-state index contributed by atoms with van der Waals surface area (Å²) in [7, 11) is 1.64. The number of ether oxygens (including phenoxy) is 2. The normalized spacial score (nSPS) is 12.2. The van der Waals surface area contributed by atoms with Gasteiger partial charge < -0.3 is 14.5 Å². The molecular weight excluding hydrogens is 529 g/mol. The minimum absolute atomic E-state index is 0.0428. The van der Waals surface area contributed by atoms with E-state index in [4.69, 9.17) is 9.47 Å². The van der Waals surface area contributed by atoms with E-state index in [1.807, 2.05) is 19.1 Å². The smallest absolute Gasteiger partial charge is 0.306 e. The van der Waals surface area contributed by atoms with Crippen LogP contribution in [0.15, 0.2) is 48.7 Å². The first-order valence-corrected chi connectivity index (χ1v) is 13.1. The first-order valence-electron chi connectivity index (χ1n) is 12.3. The maximum atomic E-state index is 14.9. The Morgan fingerprint density at radius 1 is 1.13 bits per heavy atom. The Hall–Kier alpha value is -4.12. The summed E-state index contributed by atoms with van der Waals surface area (Å²) >= 11 is 1.55. The van der Waals surface area contributed by atoms with Crippen molar-refractivity contribution in [2.24, 2.45) is 7.05 Å². The van der Waals surface area contributed by atoms with Crippen molar-refractivity contribution in [3.05, 3.63) is 81.7 Å². The fourth-order valence-electron chi connectivity index (χ4n) is 4.23. The van der Waals surface area contributed by atoms with E-state index < -0.39 is 23.2 Å². The molecule has 0 aliphatic heterocycles. The molecule has 7 nitrogen and oxygen atoms in total. The summed E-state index contributed by atoms with van der Waals surface area (Å²) < 4.78 is 56.4. The van der Waals surface area contributed by atoms with Crippen molar-refractivity contribution < 1.29 is 27.4 Å². The van der Waals surface area contributed by atoms with Gasteiger partial charge in [0.05, 0.1) is 30.0 Å². The molecule has 1 unspecified atom stereocenters. The zero-order valence-electron chi connectivity index (χ0n) is 21.4. The molecule has 5 rings (SSSR count). The summed E-state index contributed by atoms with van der Waals surface area (Å²) in [6.07, 6.45) is 2.38. The van der Waals surface area contributed by atoms with Crippen LogP contribution in [-0.4, -0.2) is 32.3 Å². The van der Waals surface area contributed by atoms with Crippen LogP contribution in [0.5, 0.6) is 11.5 Å². The minimum atomic E-state index is -0.888. The van der Waals surface area contributed by atoms with E-state index in [0.717, 1.165) is 21.9 Å². The lowest BCUT2D eigenvalue weighted by molar-refractivity contribution is -0.143. The maximum absolute atomic E-state index is 14.9. The second-order valence-corrected chi connectivity index (χ2v) is 10.1. The molecule has 0 bridgehead atoms. The number of fused-ring (bicyclic) bond motifs is 1. The van der Waals surface area contributed by atoms with Crippen molar-refractivity contribution in [3.63, 3.8) is 0 Å². The molecule has 0 aliphatic rings. The van der Waals surface area contributed by atoms with Gasteiger partial charge in [-0.25, -0.2) is 22.8 Å². The Kier molecular flexibility index (Phi) is 7.42. The van der Waals surface area contributed by atoms with Crippen LogP contribution in [-0.2, 0) is 23.0 Å². The summed E-state index contributed by atoms with van der Waals surface area (Å²) in [4.78, 5) is 21.0. The van der Waals surface area contributed by atoms with Crippen molar-refractivity contribution >= 4 is 28.2 Å². The van der Waals surface area contributed by atoms with Gasteiger partial charge >= 0.3 is 5.97 Å². The SMILES string of the molecule is CCOC(=O)CCc1ccc(C(C)c2nc(-c3cc(Oc4c(F)cc5[nH]ccc5c4F)ccc3F)n(C)n2)s1. The Labute approximate surface area is 226 Å². The third-order valence-electron chi connectivity index (χ3n) is 6.26. The fraction of sp³-hybridized carbons (Fsp3) is 0.250. The molecule has 39 heavy (non-hydrogen) atoms. The van der Waals surface area contributed by atoms with Crippen molar-refractivity contribution in [1.82, 2.24) is 19.7 Å². The summed E-state index contributed by atoms with van der Waals surface area (Å²) in [5, 5.41) is 4.67. The third-order valence-corrected chi connectivity index (χ3v) is 7.59. The number of aromatic nitrogens is 4. The number of aryl methyl sites for hydroxylation is 2. The predicted octanol–water partition coefficient (Wildman–Crippen LogP) is 6.88. The van der Waals surface area contributed by atoms with Crippen LogP contribution in [0.4, 0.5) is 13.2 Å². The summed E-state index contributed by atoms with van der Waals surface area (Å²) in [6, 6.07) is 10.3. The van der Waals surface area contributed by atoms with Gasteiger partial charge in [-0.2, -0.15) is 5.10 Å². The maximum Gasteiger partial charge on any atom is 0.306 e. The zero-order chi connectivity index (χ0) is 27.7. The Balaban J connectivity index is 1.38.